The highest BCUT2D eigenvalue weighted by atomic mass is 35.5. The van der Waals surface area contributed by atoms with Crippen LogP contribution in [-0.4, -0.2) is 30.0 Å². The van der Waals surface area contributed by atoms with Crippen LogP contribution >= 0.6 is 22.9 Å². The topological polar surface area (TPSA) is 89.6 Å². The van der Waals surface area contributed by atoms with Crippen LogP contribution < -0.4 is 20.5 Å². The van der Waals surface area contributed by atoms with E-state index in [1.165, 1.54) is 11.3 Å². The summed E-state index contributed by atoms with van der Waals surface area (Å²) in [6, 6.07) is 11.3. The first-order valence-corrected chi connectivity index (χ1v) is 11.4. The van der Waals surface area contributed by atoms with Crippen molar-refractivity contribution in [3.8, 4) is 11.6 Å². The van der Waals surface area contributed by atoms with E-state index in [1.54, 1.807) is 0 Å². The average Bonchev–Trinajstić information content (AvgIpc) is 3.17. The molecule has 3 aromatic rings. The summed E-state index contributed by atoms with van der Waals surface area (Å²) in [6.45, 7) is 5.21. The zero-order valence-corrected chi connectivity index (χ0v) is 19.3. The number of aliphatic hydroxyl groups excluding tert-OH is 1. The van der Waals surface area contributed by atoms with E-state index in [9.17, 15) is 0 Å². The van der Waals surface area contributed by atoms with Crippen molar-refractivity contribution in [3.63, 3.8) is 0 Å². The maximum atomic E-state index is 9.10. The van der Waals surface area contributed by atoms with Crippen LogP contribution in [0.2, 0.25) is 5.02 Å². The number of halogens is 1. The van der Waals surface area contributed by atoms with Crippen LogP contribution in [0, 0.1) is 5.92 Å². The minimum absolute atomic E-state index is 0.0955. The molecule has 0 aliphatic rings. The van der Waals surface area contributed by atoms with E-state index < -0.39 is 0 Å². The second kappa shape index (κ2) is 11.2. The Morgan fingerprint density at radius 2 is 2.03 bits per heavy atom. The van der Waals surface area contributed by atoms with Crippen molar-refractivity contribution in [1.82, 2.24) is 4.98 Å². The van der Waals surface area contributed by atoms with Crippen molar-refractivity contribution in [2.24, 2.45) is 5.92 Å². The van der Waals surface area contributed by atoms with E-state index in [0.29, 0.717) is 42.0 Å². The first-order chi connectivity index (χ1) is 14.9. The molecular formula is C23H28ClN3O3S. The van der Waals surface area contributed by atoms with Crippen molar-refractivity contribution in [2.75, 3.05) is 31.0 Å². The van der Waals surface area contributed by atoms with E-state index in [2.05, 4.69) is 24.1 Å². The molecular weight excluding hydrogens is 434 g/mol. The summed E-state index contributed by atoms with van der Waals surface area (Å²) in [5, 5.41) is 15.7. The Bertz CT molecular complexity index is 994. The zero-order valence-electron chi connectivity index (χ0n) is 17.7. The van der Waals surface area contributed by atoms with Crippen molar-refractivity contribution < 1.29 is 14.6 Å². The third-order valence-electron chi connectivity index (χ3n) is 4.47. The lowest BCUT2D eigenvalue weighted by Gasteiger charge is -2.13. The summed E-state index contributed by atoms with van der Waals surface area (Å²) >= 11 is 7.72. The fourth-order valence-electron chi connectivity index (χ4n) is 2.92. The number of anilines is 2. The summed E-state index contributed by atoms with van der Waals surface area (Å²) in [7, 11) is 0. The highest BCUT2D eigenvalue weighted by Gasteiger charge is 2.11. The van der Waals surface area contributed by atoms with Gasteiger partial charge in [0.2, 0.25) is 5.88 Å². The summed E-state index contributed by atoms with van der Waals surface area (Å²) in [5.41, 5.74) is 9.41. The highest BCUT2D eigenvalue weighted by Crippen LogP contribution is 2.28. The molecule has 0 fully saturated rings. The maximum Gasteiger partial charge on any atom is 0.226 e. The highest BCUT2D eigenvalue weighted by molar-refractivity contribution is 7.09. The van der Waals surface area contributed by atoms with Gasteiger partial charge in [-0.05, 0) is 48.2 Å². The lowest BCUT2D eigenvalue weighted by molar-refractivity contribution is 0.269. The van der Waals surface area contributed by atoms with E-state index in [-0.39, 0.29) is 13.3 Å². The Balaban J connectivity index is 1.59. The second-order valence-corrected chi connectivity index (χ2v) is 8.95. The Hall–Kier alpha value is -2.48. The first-order valence-electron chi connectivity index (χ1n) is 10.2. The van der Waals surface area contributed by atoms with Crippen molar-refractivity contribution >= 4 is 34.3 Å². The summed E-state index contributed by atoms with van der Waals surface area (Å²) in [4.78, 5) is 4.57. The summed E-state index contributed by atoms with van der Waals surface area (Å²) in [5.74, 6) is 1.81. The van der Waals surface area contributed by atoms with Crippen LogP contribution in [0.15, 0.2) is 41.8 Å². The minimum Gasteiger partial charge on any atom is -0.493 e. The number of thiazole rings is 1. The molecule has 0 amide bonds. The number of nitrogens with two attached hydrogens (primary N) is 1. The third-order valence-corrected chi connectivity index (χ3v) is 5.53. The van der Waals surface area contributed by atoms with Gasteiger partial charge in [-0.1, -0.05) is 31.5 Å². The van der Waals surface area contributed by atoms with Crippen molar-refractivity contribution in [1.29, 1.82) is 0 Å². The SMILES string of the molecule is CC(C)COc1ccc(Cl)cc1Cc1nc(OCNc2cc(CCO)ccc2N)cs1. The molecule has 0 bridgehead atoms. The number of aromatic nitrogens is 1. The molecule has 0 aliphatic carbocycles. The molecule has 0 atom stereocenters. The summed E-state index contributed by atoms with van der Waals surface area (Å²) in [6.07, 6.45) is 1.20. The molecule has 0 saturated heterocycles. The van der Waals surface area contributed by atoms with E-state index in [4.69, 9.17) is 31.9 Å². The molecule has 0 saturated carbocycles. The number of rotatable bonds is 11. The minimum atomic E-state index is 0.0955. The number of hydrogen-bond acceptors (Lipinski definition) is 7. The molecule has 1 aromatic heterocycles. The first kappa shape index (κ1) is 23.2. The molecule has 0 aliphatic heterocycles. The fraction of sp³-hybridized carbons (Fsp3) is 0.348. The monoisotopic (exact) mass is 461 g/mol. The van der Waals surface area contributed by atoms with Crippen LogP contribution in [0.25, 0.3) is 0 Å². The van der Waals surface area contributed by atoms with Gasteiger partial charge >= 0.3 is 0 Å². The van der Waals surface area contributed by atoms with Crippen LogP contribution in [0.4, 0.5) is 11.4 Å². The summed E-state index contributed by atoms with van der Waals surface area (Å²) < 4.78 is 11.7. The number of hydrogen-bond donors (Lipinski definition) is 3. The number of nitrogens with zero attached hydrogens (tertiary/aromatic N) is 1. The van der Waals surface area contributed by atoms with E-state index >= 15 is 0 Å². The van der Waals surface area contributed by atoms with Crippen LogP contribution in [0.5, 0.6) is 11.6 Å². The van der Waals surface area contributed by atoms with Gasteiger partial charge in [0, 0.05) is 23.6 Å². The number of nitrogen functional groups attached to an aromatic ring is 1. The average molecular weight is 462 g/mol. The molecule has 6 nitrogen and oxygen atoms in total. The molecule has 1 heterocycles. The molecule has 2 aromatic carbocycles. The second-order valence-electron chi connectivity index (χ2n) is 7.57. The van der Waals surface area contributed by atoms with Gasteiger partial charge in [-0.2, -0.15) is 0 Å². The van der Waals surface area contributed by atoms with Gasteiger partial charge in [0.15, 0.2) is 6.73 Å². The smallest absolute Gasteiger partial charge is 0.226 e. The quantitative estimate of drug-likeness (QED) is 0.275. The fourth-order valence-corrected chi connectivity index (χ4v) is 3.85. The largest absolute Gasteiger partial charge is 0.493 e. The Labute approximate surface area is 192 Å². The molecule has 31 heavy (non-hydrogen) atoms. The Morgan fingerprint density at radius 3 is 2.81 bits per heavy atom. The van der Waals surface area contributed by atoms with Crippen LogP contribution in [0.1, 0.15) is 30.0 Å². The molecule has 4 N–H and O–H groups in total. The van der Waals surface area contributed by atoms with Gasteiger partial charge in [-0.25, -0.2) is 4.98 Å². The molecule has 166 valence electrons. The van der Waals surface area contributed by atoms with E-state index in [1.807, 2.05) is 41.8 Å². The van der Waals surface area contributed by atoms with Gasteiger partial charge < -0.3 is 25.6 Å². The van der Waals surface area contributed by atoms with Crippen LogP contribution in [-0.2, 0) is 12.8 Å². The molecule has 0 radical (unpaired) electrons. The number of ether oxygens (including phenoxy) is 2. The van der Waals surface area contributed by atoms with Crippen molar-refractivity contribution in [2.45, 2.75) is 26.7 Å². The lowest BCUT2D eigenvalue weighted by Crippen LogP contribution is -2.11. The van der Waals surface area contributed by atoms with Gasteiger partial charge in [-0.15, -0.1) is 11.3 Å². The normalized spacial score (nSPS) is 11.0. The standard InChI is InChI=1S/C23H28ClN3O3S/c1-15(2)12-29-21-6-4-18(24)10-17(21)11-23-27-22(13-31-23)30-14-26-20-9-16(7-8-28)3-5-19(20)25/h3-6,9-10,13,15,26,28H,7-8,11-12,14,25H2,1-2H3. The van der Waals surface area contributed by atoms with Crippen molar-refractivity contribution in [3.05, 3.63) is 62.9 Å². The molecule has 3 rings (SSSR count). The van der Waals surface area contributed by atoms with Gasteiger partial charge in [0.05, 0.1) is 23.4 Å². The molecule has 0 spiro atoms. The number of benzene rings is 2. The number of nitrogens with one attached hydrogen (secondary N) is 1. The van der Waals surface area contributed by atoms with E-state index in [0.717, 1.165) is 27.6 Å². The predicted molar refractivity (Wildman–Crippen MR) is 127 cm³/mol. The van der Waals surface area contributed by atoms with Crippen LogP contribution in [0.3, 0.4) is 0 Å². The molecule has 8 heteroatoms. The Kier molecular flexibility index (Phi) is 8.40. The maximum absolute atomic E-state index is 9.10. The lowest BCUT2D eigenvalue weighted by atomic mass is 10.1. The zero-order chi connectivity index (χ0) is 22.2. The molecule has 0 unspecified atom stereocenters. The van der Waals surface area contributed by atoms with Gasteiger partial charge in [0.25, 0.3) is 0 Å². The van der Waals surface area contributed by atoms with Gasteiger partial charge in [-0.3, -0.25) is 0 Å². The predicted octanol–water partition coefficient (Wildman–Crippen LogP) is 4.99. The number of aliphatic hydroxyl groups is 1. The van der Waals surface area contributed by atoms with Gasteiger partial charge in [0.1, 0.15) is 10.8 Å². The third kappa shape index (κ3) is 7.02. The Morgan fingerprint density at radius 1 is 1.19 bits per heavy atom.